The number of hydrogen-bond acceptors (Lipinski definition) is 3. The average Bonchev–Trinajstić information content (AvgIpc) is 2.14. The standard InChI is InChI=1S/C12H17BrN2O2/c1-12(2,3)17-11(16)14-8-7-9-5-4-6-10(13)15-9/h4-6H,7-8H2,1-3H3,(H,14,16). The molecular formula is C12H17BrN2O2. The van der Waals surface area contributed by atoms with Crippen molar-refractivity contribution in [1.29, 1.82) is 0 Å². The molecule has 1 aromatic rings. The lowest BCUT2D eigenvalue weighted by molar-refractivity contribution is 0.0528. The van der Waals surface area contributed by atoms with Crippen molar-refractivity contribution in [3.63, 3.8) is 0 Å². The molecule has 0 bridgehead atoms. The number of pyridine rings is 1. The van der Waals surface area contributed by atoms with Gasteiger partial charge in [-0.25, -0.2) is 9.78 Å². The predicted molar refractivity (Wildman–Crippen MR) is 69.9 cm³/mol. The van der Waals surface area contributed by atoms with Gasteiger partial charge in [-0.2, -0.15) is 0 Å². The average molecular weight is 301 g/mol. The molecule has 0 saturated heterocycles. The zero-order valence-electron chi connectivity index (χ0n) is 10.3. The molecule has 0 aliphatic heterocycles. The maximum absolute atomic E-state index is 11.4. The van der Waals surface area contributed by atoms with Crippen molar-refractivity contribution < 1.29 is 9.53 Å². The van der Waals surface area contributed by atoms with Crippen LogP contribution in [0.4, 0.5) is 4.79 Å². The minimum Gasteiger partial charge on any atom is -0.444 e. The minimum atomic E-state index is -0.460. The SMILES string of the molecule is CC(C)(C)OC(=O)NCCc1cccc(Br)n1. The van der Waals surface area contributed by atoms with Gasteiger partial charge >= 0.3 is 6.09 Å². The van der Waals surface area contributed by atoms with Gasteiger partial charge in [0.1, 0.15) is 10.2 Å². The molecule has 0 unspecified atom stereocenters. The quantitative estimate of drug-likeness (QED) is 0.873. The lowest BCUT2D eigenvalue weighted by Gasteiger charge is -2.19. The molecule has 0 aliphatic rings. The number of nitrogens with zero attached hydrogens (tertiary/aromatic N) is 1. The Balaban J connectivity index is 2.31. The molecule has 0 spiro atoms. The van der Waals surface area contributed by atoms with E-state index in [0.29, 0.717) is 13.0 Å². The van der Waals surface area contributed by atoms with Crippen LogP contribution in [-0.2, 0) is 11.2 Å². The lowest BCUT2D eigenvalue weighted by Crippen LogP contribution is -2.33. The Morgan fingerprint density at radius 2 is 2.18 bits per heavy atom. The van der Waals surface area contributed by atoms with E-state index in [9.17, 15) is 4.79 Å². The fraction of sp³-hybridized carbons (Fsp3) is 0.500. The van der Waals surface area contributed by atoms with E-state index in [4.69, 9.17) is 4.74 Å². The highest BCUT2D eigenvalue weighted by Gasteiger charge is 2.15. The van der Waals surface area contributed by atoms with Gasteiger partial charge in [0.2, 0.25) is 0 Å². The zero-order valence-corrected chi connectivity index (χ0v) is 11.9. The van der Waals surface area contributed by atoms with E-state index in [-0.39, 0.29) is 0 Å². The molecule has 94 valence electrons. The fourth-order valence-electron chi connectivity index (χ4n) is 1.20. The summed E-state index contributed by atoms with van der Waals surface area (Å²) < 4.78 is 5.92. The number of carbonyl (C=O) groups excluding carboxylic acids is 1. The van der Waals surface area contributed by atoms with Crippen LogP contribution in [0.15, 0.2) is 22.8 Å². The van der Waals surface area contributed by atoms with Crippen LogP contribution in [0.5, 0.6) is 0 Å². The molecule has 1 rings (SSSR count). The first-order valence-electron chi connectivity index (χ1n) is 5.45. The lowest BCUT2D eigenvalue weighted by atomic mass is 10.2. The molecule has 0 fully saturated rings. The van der Waals surface area contributed by atoms with Gasteiger partial charge in [0, 0.05) is 18.7 Å². The smallest absolute Gasteiger partial charge is 0.407 e. The molecular weight excluding hydrogens is 284 g/mol. The van der Waals surface area contributed by atoms with Crippen LogP contribution in [0.25, 0.3) is 0 Å². The van der Waals surface area contributed by atoms with Gasteiger partial charge < -0.3 is 10.1 Å². The molecule has 17 heavy (non-hydrogen) atoms. The summed E-state index contributed by atoms with van der Waals surface area (Å²) in [7, 11) is 0. The molecule has 1 N–H and O–H groups in total. The Bertz CT molecular complexity index is 388. The first-order chi connectivity index (χ1) is 7.87. The van der Waals surface area contributed by atoms with Crippen LogP contribution >= 0.6 is 15.9 Å². The summed E-state index contributed by atoms with van der Waals surface area (Å²) in [5.74, 6) is 0. The topological polar surface area (TPSA) is 51.2 Å². The van der Waals surface area contributed by atoms with Crippen LogP contribution in [0.3, 0.4) is 0 Å². The largest absolute Gasteiger partial charge is 0.444 e. The third kappa shape index (κ3) is 6.26. The summed E-state index contributed by atoms with van der Waals surface area (Å²) in [6, 6.07) is 5.70. The monoisotopic (exact) mass is 300 g/mol. The summed E-state index contributed by atoms with van der Waals surface area (Å²) in [6.45, 7) is 6.02. The van der Waals surface area contributed by atoms with Crippen molar-refractivity contribution in [2.75, 3.05) is 6.54 Å². The number of ether oxygens (including phenoxy) is 1. The Kier molecular flexibility index (Phi) is 4.93. The van der Waals surface area contributed by atoms with Crippen molar-refractivity contribution in [2.45, 2.75) is 32.8 Å². The molecule has 0 aromatic carbocycles. The summed E-state index contributed by atoms with van der Waals surface area (Å²) in [4.78, 5) is 15.6. The van der Waals surface area contributed by atoms with Crippen molar-refractivity contribution in [3.05, 3.63) is 28.5 Å². The summed E-state index contributed by atoms with van der Waals surface area (Å²) in [6.07, 6.45) is 0.283. The molecule has 0 radical (unpaired) electrons. The van der Waals surface area contributed by atoms with E-state index in [1.54, 1.807) is 0 Å². The second kappa shape index (κ2) is 6.00. The minimum absolute atomic E-state index is 0.396. The number of amides is 1. The number of aromatic nitrogens is 1. The van der Waals surface area contributed by atoms with E-state index in [1.807, 2.05) is 39.0 Å². The first kappa shape index (κ1) is 14.0. The summed E-state index contributed by atoms with van der Waals surface area (Å²) in [5.41, 5.74) is 0.466. The zero-order chi connectivity index (χ0) is 12.9. The fourth-order valence-corrected chi connectivity index (χ4v) is 1.58. The van der Waals surface area contributed by atoms with Crippen LogP contribution in [-0.4, -0.2) is 23.2 Å². The van der Waals surface area contributed by atoms with E-state index in [0.717, 1.165) is 10.3 Å². The molecule has 0 atom stereocenters. The molecule has 1 amide bonds. The van der Waals surface area contributed by atoms with Gasteiger partial charge in [-0.15, -0.1) is 0 Å². The number of alkyl carbamates (subject to hydrolysis) is 1. The summed E-state index contributed by atoms with van der Waals surface area (Å²) in [5, 5.41) is 2.69. The van der Waals surface area contributed by atoms with E-state index < -0.39 is 11.7 Å². The van der Waals surface area contributed by atoms with Crippen molar-refractivity contribution >= 4 is 22.0 Å². The van der Waals surface area contributed by atoms with Gasteiger partial charge in [-0.05, 0) is 48.8 Å². The maximum Gasteiger partial charge on any atom is 0.407 e. The third-order valence-corrected chi connectivity index (χ3v) is 2.26. The van der Waals surface area contributed by atoms with Gasteiger partial charge in [-0.3, -0.25) is 0 Å². The highest BCUT2D eigenvalue weighted by molar-refractivity contribution is 9.10. The van der Waals surface area contributed by atoms with Crippen LogP contribution in [0.2, 0.25) is 0 Å². The van der Waals surface area contributed by atoms with Gasteiger partial charge in [0.15, 0.2) is 0 Å². The molecule has 5 heteroatoms. The van der Waals surface area contributed by atoms with E-state index >= 15 is 0 Å². The third-order valence-electron chi connectivity index (χ3n) is 1.82. The number of hydrogen-bond donors (Lipinski definition) is 1. The second-order valence-corrected chi connectivity index (χ2v) is 5.44. The number of carbonyl (C=O) groups is 1. The molecule has 4 nitrogen and oxygen atoms in total. The Labute approximate surface area is 110 Å². The molecule has 0 aliphatic carbocycles. The number of halogens is 1. The van der Waals surface area contributed by atoms with Crippen molar-refractivity contribution in [3.8, 4) is 0 Å². The van der Waals surface area contributed by atoms with Crippen molar-refractivity contribution in [2.24, 2.45) is 0 Å². The Morgan fingerprint density at radius 3 is 2.76 bits per heavy atom. The van der Waals surface area contributed by atoms with Gasteiger partial charge in [0.25, 0.3) is 0 Å². The molecule has 1 heterocycles. The number of rotatable bonds is 3. The van der Waals surface area contributed by atoms with E-state index in [2.05, 4.69) is 26.2 Å². The van der Waals surface area contributed by atoms with E-state index in [1.165, 1.54) is 0 Å². The highest BCUT2D eigenvalue weighted by Crippen LogP contribution is 2.07. The van der Waals surface area contributed by atoms with Gasteiger partial charge in [-0.1, -0.05) is 6.07 Å². The Morgan fingerprint density at radius 1 is 1.47 bits per heavy atom. The molecule has 0 saturated carbocycles. The van der Waals surface area contributed by atoms with Crippen LogP contribution < -0.4 is 5.32 Å². The van der Waals surface area contributed by atoms with Gasteiger partial charge in [0.05, 0.1) is 0 Å². The maximum atomic E-state index is 11.4. The highest BCUT2D eigenvalue weighted by atomic mass is 79.9. The first-order valence-corrected chi connectivity index (χ1v) is 6.24. The van der Waals surface area contributed by atoms with Crippen LogP contribution in [0, 0.1) is 0 Å². The Hall–Kier alpha value is -1.10. The number of nitrogens with one attached hydrogen (secondary N) is 1. The normalized spacial score (nSPS) is 11.1. The van der Waals surface area contributed by atoms with Crippen molar-refractivity contribution in [1.82, 2.24) is 10.3 Å². The second-order valence-electron chi connectivity index (χ2n) is 4.63. The van der Waals surface area contributed by atoms with Crippen LogP contribution in [0.1, 0.15) is 26.5 Å². The molecule has 1 aromatic heterocycles. The summed E-state index contributed by atoms with van der Waals surface area (Å²) >= 11 is 3.30. The predicted octanol–water partition coefficient (Wildman–Crippen LogP) is 2.91.